The third-order valence-electron chi connectivity index (χ3n) is 2.06. The Morgan fingerprint density at radius 2 is 1.56 bits per heavy atom. The summed E-state index contributed by atoms with van der Waals surface area (Å²) in [6.45, 7) is 3.11. The van der Waals surface area contributed by atoms with Crippen molar-refractivity contribution < 1.29 is 10.2 Å². The van der Waals surface area contributed by atoms with Gasteiger partial charge in [-0.3, -0.25) is 0 Å². The zero-order valence-corrected chi connectivity index (χ0v) is 9.89. The Balaban J connectivity index is 0.00000225. The van der Waals surface area contributed by atoms with Gasteiger partial charge in [-0.2, -0.15) is 0 Å². The second-order valence-corrected chi connectivity index (χ2v) is 3.28. The fourth-order valence-electron chi connectivity index (χ4n) is 1.43. The summed E-state index contributed by atoms with van der Waals surface area (Å²) in [5.74, 6) is 0. The molecule has 1 aromatic carbocycles. The number of aliphatic hydroxyl groups is 2. The van der Waals surface area contributed by atoms with Crippen LogP contribution in [-0.4, -0.2) is 22.7 Å². The molecule has 0 bridgehead atoms. The summed E-state index contributed by atoms with van der Waals surface area (Å²) in [4.78, 5) is 11.6. The van der Waals surface area contributed by atoms with Crippen molar-refractivity contribution in [2.45, 2.75) is 26.3 Å². The van der Waals surface area contributed by atoms with Gasteiger partial charge in [-0.15, -0.1) is 17.3 Å². The quantitative estimate of drug-likeness (QED) is 0.630. The fraction of sp³-hybridized carbons (Fsp3) is 0.400. The Bertz CT molecular complexity index is 319. The van der Waals surface area contributed by atoms with Gasteiger partial charge in [-0.05, 0) is 43.3 Å². The van der Waals surface area contributed by atoms with E-state index in [2.05, 4.69) is 5.18 Å². The van der Waals surface area contributed by atoms with E-state index < -0.39 is 12.5 Å². The van der Waals surface area contributed by atoms with E-state index in [-0.39, 0.29) is 12.4 Å². The average molecular weight is 247 g/mol. The molecule has 0 heterocycles. The van der Waals surface area contributed by atoms with E-state index >= 15 is 0 Å². The molecule has 1 rings (SSSR count). The van der Waals surface area contributed by atoms with Gasteiger partial charge in [-0.25, -0.2) is 0 Å². The van der Waals surface area contributed by atoms with Crippen molar-refractivity contribution in [1.29, 1.82) is 0 Å². The number of hydrogen-bond donors (Lipinski definition) is 2. The summed E-state index contributed by atoms with van der Waals surface area (Å²) in [6.07, 6.45) is -1.61. The lowest BCUT2D eigenvalue weighted by Crippen LogP contribution is -2.40. The number of nitrogens with zero attached hydrogens (tertiary/aromatic N) is 2. The normalized spacial score (nSPS) is 13.5. The van der Waals surface area contributed by atoms with Crippen molar-refractivity contribution in [2.75, 3.05) is 4.90 Å². The highest BCUT2D eigenvalue weighted by Crippen LogP contribution is 2.22. The van der Waals surface area contributed by atoms with Gasteiger partial charge < -0.3 is 15.1 Å². The summed E-state index contributed by atoms with van der Waals surface area (Å²) in [5, 5.41) is 21.7. The molecule has 16 heavy (non-hydrogen) atoms. The number of hydrogen-bond acceptors (Lipinski definition) is 5. The van der Waals surface area contributed by atoms with Gasteiger partial charge in [0.15, 0.2) is 0 Å². The number of anilines is 1. The molecule has 0 saturated heterocycles. The van der Waals surface area contributed by atoms with Crippen LogP contribution in [0.1, 0.15) is 13.8 Å². The van der Waals surface area contributed by atoms with Gasteiger partial charge in [0, 0.05) is 5.69 Å². The van der Waals surface area contributed by atoms with Crippen LogP contribution < -0.4 is 4.90 Å². The second-order valence-electron chi connectivity index (χ2n) is 3.28. The molecule has 0 aliphatic rings. The lowest BCUT2D eigenvalue weighted by Gasteiger charge is -2.30. The lowest BCUT2D eigenvalue weighted by atomic mass is 10.2. The van der Waals surface area contributed by atoms with Crippen LogP contribution in [0.15, 0.2) is 29.4 Å². The SMILES string of the molecule is CC(O)N(c1ccc(N=O)cc1)C(C)O.Cl. The molecule has 2 unspecified atom stereocenters. The van der Waals surface area contributed by atoms with Crippen molar-refractivity contribution in [1.82, 2.24) is 0 Å². The highest BCUT2D eigenvalue weighted by molar-refractivity contribution is 5.85. The summed E-state index contributed by atoms with van der Waals surface area (Å²) < 4.78 is 0. The van der Waals surface area contributed by atoms with Gasteiger partial charge in [0.05, 0.1) is 0 Å². The smallest absolute Gasteiger partial charge is 0.126 e. The molecule has 0 radical (unpaired) electrons. The van der Waals surface area contributed by atoms with Crippen LogP contribution in [0, 0.1) is 4.91 Å². The van der Waals surface area contributed by atoms with E-state index in [1.165, 1.54) is 17.0 Å². The Hall–Kier alpha value is -1.17. The van der Waals surface area contributed by atoms with E-state index in [0.29, 0.717) is 11.4 Å². The minimum atomic E-state index is -0.806. The molecular formula is C10H15ClN2O3. The molecule has 2 atom stereocenters. The average Bonchev–Trinajstić information content (AvgIpc) is 2.18. The molecule has 0 saturated carbocycles. The molecule has 1 aromatic rings. The van der Waals surface area contributed by atoms with Gasteiger partial charge in [-0.1, -0.05) is 0 Å². The first-order chi connectivity index (χ1) is 7.06. The zero-order valence-electron chi connectivity index (χ0n) is 9.07. The highest BCUT2D eigenvalue weighted by Gasteiger charge is 2.16. The summed E-state index contributed by atoms with van der Waals surface area (Å²) in [5.41, 5.74) is 0.947. The molecule has 0 amide bonds. The Labute approximate surface area is 100 Å². The maximum absolute atomic E-state index is 10.2. The first-order valence-electron chi connectivity index (χ1n) is 4.64. The Morgan fingerprint density at radius 1 is 1.12 bits per heavy atom. The highest BCUT2D eigenvalue weighted by atomic mass is 35.5. The first-order valence-corrected chi connectivity index (χ1v) is 4.64. The van der Waals surface area contributed by atoms with Crippen molar-refractivity contribution >= 4 is 23.8 Å². The maximum atomic E-state index is 10.2. The van der Waals surface area contributed by atoms with Crippen molar-refractivity contribution in [3.8, 4) is 0 Å². The van der Waals surface area contributed by atoms with E-state index in [1.54, 1.807) is 26.0 Å². The van der Waals surface area contributed by atoms with Gasteiger partial charge in [0.25, 0.3) is 0 Å². The lowest BCUT2D eigenvalue weighted by molar-refractivity contribution is 0.105. The maximum Gasteiger partial charge on any atom is 0.126 e. The number of rotatable bonds is 4. The fourth-order valence-corrected chi connectivity index (χ4v) is 1.43. The van der Waals surface area contributed by atoms with Crippen LogP contribution in [0.5, 0.6) is 0 Å². The van der Waals surface area contributed by atoms with Crippen molar-refractivity contribution in [3.05, 3.63) is 29.2 Å². The van der Waals surface area contributed by atoms with Gasteiger partial charge in [0.1, 0.15) is 18.1 Å². The standard InChI is InChI=1S/C10H14N2O3.ClH/c1-7(13)12(8(2)14)10-5-3-9(11-15)4-6-10;/h3-8,13-14H,1-2H3;1H. The molecule has 0 aliphatic heterocycles. The Morgan fingerprint density at radius 3 is 1.88 bits per heavy atom. The van der Waals surface area contributed by atoms with E-state index in [1.807, 2.05) is 0 Å². The largest absolute Gasteiger partial charge is 0.374 e. The van der Waals surface area contributed by atoms with E-state index in [4.69, 9.17) is 0 Å². The van der Waals surface area contributed by atoms with Crippen molar-refractivity contribution in [3.63, 3.8) is 0 Å². The van der Waals surface area contributed by atoms with E-state index in [0.717, 1.165) is 0 Å². The second kappa shape index (κ2) is 6.42. The molecule has 0 fully saturated rings. The van der Waals surface area contributed by atoms with Crippen LogP contribution >= 0.6 is 12.4 Å². The topological polar surface area (TPSA) is 73.1 Å². The monoisotopic (exact) mass is 246 g/mol. The summed E-state index contributed by atoms with van der Waals surface area (Å²) >= 11 is 0. The van der Waals surface area contributed by atoms with Gasteiger partial charge >= 0.3 is 0 Å². The summed E-state index contributed by atoms with van der Waals surface area (Å²) in [6, 6.07) is 6.30. The molecule has 0 aromatic heterocycles. The number of aliphatic hydroxyl groups excluding tert-OH is 2. The number of nitroso groups, excluding NO2 is 1. The molecule has 0 spiro atoms. The summed E-state index contributed by atoms with van der Waals surface area (Å²) in [7, 11) is 0. The molecule has 2 N–H and O–H groups in total. The zero-order chi connectivity index (χ0) is 11.4. The number of benzene rings is 1. The van der Waals surface area contributed by atoms with Crippen LogP contribution in [0.4, 0.5) is 11.4 Å². The van der Waals surface area contributed by atoms with Gasteiger partial charge in [0.2, 0.25) is 0 Å². The van der Waals surface area contributed by atoms with E-state index in [9.17, 15) is 15.1 Å². The predicted molar refractivity (Wildman–Crippen MR) is 65.0 cm³/mol. The minimum absolute atomic E-state index is 0. The predicted octanol–water partition coefficient (Wildman–Crippen LogP) is 1.99. The van der Waals surface area contributed by atoms with Crippen LogP contribution in [0.3, 0.4) is 0 Å². The molecular weight excluding hydrogens is 232 g/mol. The minimum Gasteiger partial charge on any atom is -0.374 e. The molecule has 6 heteroatoms. The van der Waals surface area contributed by atoms with Crippen molar-refractivity contribution in [2.24, 2.45) is 5.18 Å². The van der Waals surface area contributed by atoms with Crippen LogP contribution in [-0.2, 0) is 0 Å². The Kier molecular flexibility index (Phi) is 5.95. The van der Waals surface area contributed by atoms with Crippen LogP contribution in [0.2, 0.25) is 0 Å². The first kappa shape index (κ1) is 14.8. The third-order valence-corrected chi connectivity index (χ3v) is 2.06. The number of halogens is 1. The molecule has 5 nitrogen and oxygen atoms in total. The molecule has 0 aliphatic carbocycles. The third kappa shape index (κ3) is 3.44. The van der Waals surface area contributed by atoms with Crippen LogP contribution in [0.25, 0.3) is 0 Å². The molecule has 90 valence electrons.